The fourth-order valence-electron chi connectivity index (χ4n) is 7.33. The monoisotopic (exact) mass is 701 g/mol. The van der Waals surface area contributed by atoms with Crippen LogP contribution in [-0.2, 0) is 0 Å². The number of hydrogen-bond donors (Lipinski definition) is 0. The third-order valence-corrected chi connectivity index (χ3v) is 10.2. The van der Waals surface area contributed by atoms with Crippen LogP contribution in [0.15, 0.2) is 168 Å². The first-order valence-electron chi connectivity index (χ1n) is 17.8. The SMILES string of the molecule is [C-]#[N+]c1ccc(-c2nc(-c3ccc(C#N)cc3)nc(-c3ccc4oc5c6ccccc6cc(-c6ccc(-c7ccc8ccccc8c7)cc6)c5c4c3)n2)cc1. The lowest BCUT2D eigenvalue weighted by molar-refractivity contribution is 0.673. The molecule has 0 aliphatic heterocycles. The van der Waals surface area contributed by atoms with E-state index < -0.39 is 0 Å². The molecule has 10 rings (SSSR count). The smallest absolute Gasteiger partial charge is 0.187 e. The number of aromatic nitrogens is 3. The van der Waals surface area contributed by atoms with Gasteiger partial charge >= 0.3 is 0 Å². The first-order chi connectivity index (χ1) is 27.1. The van der Waals surface area contributed by atoms with Crippen LogP contribution >= 0.6 is 0 Å². The molecule has 0 amide bonds. The van der Waals surface area contributed by atoms with E-state index in [1.165, 1.54) is 16.3 Å². The molecule has 0 unspecified atom stereocenters. The van der Waals surface area contributed by atoms with Gasteiger partial charge in [0.25, 0.3) is 0 Å². The van der Waals surface area contributed by atoms with Crippen molar-refractivity contribution < 1.29 is 4.42 Å². The van der Waals surface area contributed by atoms with Crippen molar-refractivity contribution in [3.8, 4) is 62.5 Å². The molecular weight excluding hydrogens is 675 g/mol. The number of furan rings is 1. The Morgan fingerprint density at radius 3 is 1.78 bits per heavy atom. The molecule has 6 nitrogen and oxygen atoms in total. The second kappa shape index (κ2) is 12.9. The average molecular weight is 702 g/mol. The van der Waals surface area contributed by atoms with Crippen LogP contribution in [0.25, 0.3) is 105 Å². The molecule has 254 valence electrons. The molecule has 0 fully saturated rings. The summed E-state index contributed by atoms with van der Waals surface area (Å²) in [6.45, 7) is 7.39. The molecule has 0 saturated carbocycles. The predicted octanol–water partition coefficient (Wildman–Crippen LogP) is 12.8. The van der Waals surface area contributed by atoms with Gasteiger partial charge < -0.3 is 4.42 Å². The fraction of sp³-hybridized carbons (Fsp3) is 0. The maximum atomic E-state index is 9.39. The molecule has 55 heavy (non-hydrogen) atoms. The van der Waals surface area contributed by atoms with E-state index in [2.05, 4.69) is 108 Å². The summed E-state index contributed by atoms with van der Waals surface area (Å²) in [5.41, 5.74) is 9.49. The first-order valence-corrected chi connectivity index (χ1v) is 17.8. The van der Waals surface area contributed by atoms with Gasteiger partial charge in [-0.3, -0.25) is 0 Å². The van der Waals surface area contributed by atoms with Gasteiger partial charge in [-0.2, -0.15) is 5.26 Å². The van der Waals surface area contributed by atoms with Crippen LogP contribution in [-0.4, -0.2) is 15.0 Å². The van der Waals surface area contributed by atoms with Crippen LogP contribution in [0.3, 0.4) is 0 Å². The Balaban J connectivity index is 1.14. The second-order valence-electron chi connectivity index (χ2n) is 13.5. The zero-order valence-electron chi connectivity index (χ0n) is 29.2. The molecular formula is C49H27N5O. The summed E-state index contributed by atoms with van der Waals surface area (Å²) in [5.74, 6) is 1.46. The number of rotatable bonds is 5. The number of hydrogen-bond acceptors (Lipinski definition) is 5. The molecule has 0 spiro atoms. The van der Waals surface area contributed by atoms with Gasteiger partial charge in [-0.05, 0) is 93.0 Å². The molecule has 0 atom stereocenters. The van der Waals surface area contributed by atoms with Crippen LogP contribution < -0.4 is 0 Å². The zero-order valence-corrected chi connectivity index (χ0v) is 29.2. The van der Waals surface area contributed by atoms with Crippen molar-refractivity contribution in [2.75, 3.05) is 0 Å². The lowest BCUT2D eigenvalue weighted by atomic mass is 9.93. The Bertz CT molecular complexity index is 3130. The molecule has 2 heterocycles. The molecule has 0 radical (unpaired) electrons. The Kier molecular flexibility index (Phi) is 7.47. The standard InChI is InChI=1S/C49H27N5O/c1-51-40-23-20-35(21-24-40)48-52-47(34-12-10-30(29-50)11-13-34)53-49(54-48)39-22-25-44-43(28-39)45-42(27-38-8-4-5-9-41(38)46(45)55-44)33-17-14-32(15-18-33)37-19-16-31-6-2-3-7-36(31)26-37/h2-28H. The van der Waals surface area contributed by atoms with E-state index >= 15 is 0 Å². The van der Waals surface area contributed by atoms with Gasteiger partial charge in [0.15, 0.2) is 23.2 Å². The molecule has 0 aliphatic carbocycles. The minimum atomic E-state index is 0.481. The van der Waals surface area contributed by atoms with Gasteiger partial charge in [0, 0.05) is 32.8 Å². The highest BCUT2D eigenvalue weighted by Gasteiger charge is 2.19. The van der Waals surface area contributed by atoms with Gasteiger partial charge in [-0.15, -0.1) is 0 Å². The van der Waals surface area contributed by atoms with E-state index in [9.17, 15) is 5.26 Å². The fourth-order valence-corrected chi connectivity index (χ4v) is 7.33. The van der Waals surface area contributed by atoms with Gasteiger partial charge in [0.2, 0.25) is 0 Å². The lowest BCUT2D eigenvalue weighted by Gasteiger charge is -2.10. The van der Waals surface area contributed by atoms with E-state index in [0.717, 1.165) is 66.1 Å². The van der Waals surface area contributed by atoms with Crippen molar-refractivity contribution in [2.45, 2.75) is 0 Å². The van der Waals surface area contributed by atoms with Crippen molar-refractivity contribution in [1.29, 1.82) is 5.26 Å². The topological polar surface area (TPSA) is 80.0 Å². The highest BCUT2D eigenvalue weighted by atomic mass is 16.3. The van der Waals surface area contributed by atoms with Crippen LogP contribution in [0.4, 0.5) is 5.69 Å². The normalized spacial score (nSPS) is 11.2. The molecule has 0 N–H and O–H groups in total. The van der Waals surface area contributed by atoms with Crippen LogP contribution in [0.1, 0.15) is 5.56 Å². The molecule has 8 aromatic carbocycles. The summed E-state index contributed by atoms with van der Waals surface area (Å²) >= 11 is 0. The van der Waals surface area contributed by atoms with Crippen molar-refractivity contribution >= 4 is 49.2 Å². The highest BCUT2D eigenvalue weighted by Crippen LogP contribution is 2.43. The van der Waals surface area contributed by atoms with E-state index in [1.807, 2.05) is 42.5 Å². The summed E-state index contributed by atoms with van der Waals surface area (Å²) in [7, 11) is 0. The maximum absolute atomic E-state index is 9.39. The Morgan fingerprint density at radius 1 is 0.491 bits per heavy atom. The van der Waals surface area contributed by atoms with Crippen LogP contribution in [0.2, 0.25) is 0 Å². The van der Waals surface area contributed by atoms with Gasteiger partial charge in [-0.1, -0.05) is 109 Å². The van der Waals surface area contributed by atoms with Crippen molar-refractivity contribution in [3.63, 3.8) is 0 Å². The number of fused-ring (bicyclic) bond motifs is 6. The van der Waals surface area contributed by atoms with Crippen molar-refractivity contribution in [1.82, 2.24) is 15.0 Å². The molecule has 0 aliphatic rings. The molecule has 0 bridgehead atoms. The predicted molar refractivity (Wildman–Crippen MR) is 220 cm³/mol. The third-order valence-electron chi connectivity index (χ3n) is 10.2. The average Bonchev–Trinajstić information content (AvgIpc) is 3.65. The van der Waals surface area contributed by atoms with Crippen molar-refractivity contribution in [3.05, 3.63) is 181 Å². The van der Waals surface area contributed by atoms with Crippen molar-refractivity contribution in [2.24, 2.45) is 0 Å². The molecule has 2 aromatic heterocycles. The lowest BCUT2D eigenvalue weighted by Crippen LogP contribution is -2.00. The number of nitriles is 1. The Hall–Kier alpha value is -7.93. The first kappa shape index (κ1) is 31.8. The summed E-state index contributed by atoms with van der Waals surface area (Å²) in [6, 6.07) is 57.1. The number of nitrogens with zero attached hydrogens (tertiary/aromatic N) is 5. The minimum Gasteiger partial charge on any atom is -0.455 e. The largest absolute Gasteiger partial charge is 0.455 e. The Labute approximate surface area is 316 Å². The van der Waals surface area contributed by atoms with Gasteiger partial charge in [0.05, 0.1) is 18.2 Å². The summed E-state index contributed by atoms with van der Waals surface area (Å²) in [5, 5.41) is 15.9. The van der Waals surface area contributed by atoms with E-state index in [4.69, 9.17) is 25.9 Å². The third kappa shape index (κ3) is 5.63. The summed E-state index contributed by atoms with van der Waals surface area (Å²) in [6.07, 6.45) is 0. The van der Waals surface area contributed by atoms with Crippen LogP contribution in [0.5, 0.6) is 0 Å². The zero-order chi connectivity index (χ0) is 36.9. The summed E-state index contributed by atoms with van der Waals surface area (Å²) in [4.78, 5) is 18.3. The second-order valence-corrected chi connectivity index (χ2v) is 13.5. The van der Waals surface area contributed by atoms with E-state index in [0.29, 0.717) is 28.7 Å². The summed E-state index contributed by atoms with van der Waals surface area (Å²) < 4.78 is 6.68. The van der Waals surface area contributed by atoms with E-state index in [1.54, 1.807) is 24.3 Å². The maximum Gasteiger partial charge on any atom is 0.187 e. The highest BCUT2D eigenvalue weighted by molar-refractivity contribution is 6.21. The number of benzene rings is 8. The Morgan fingerprint density at radius 2 is 1.07 bits per heavy atom. The quantitative estimate of drug-likeness (QED) is 0.167. The molecule has 10 aromatic rings. The van der Waals surface area contributed by atoms with Gasteiger partial charge in [0.1, 0.15) is 11.2 Å². The molecule has 0 saturated heterocycles. The molecule has 6 heteroatoms. The van der Waals surface area contributed by atoms with E-state index in [-0.39, 0.29) is 0 Å². The van der Waals surface area contributed by atoms with Gasteiger partial charge in [-0.25, -0.2) is 19.8 Å². The van der Waals surface area contributed by atoms with Crippen LogP contribution in [0, 0.1) is 17.9 Å². The minimum absolute atomic E-state index is 0.481.